The lowest BCUT2D eigenvalue weighted by molar-refractivity contribution is -0.131. The van der Waals surface area contributed by atoms with Gasteiger partial charge in [-0.3, -0.25) is 4.79 Å². The predicted molar refractivity (Wildman–Crippen MR) is 79.3 cm³/mol. The molecule has 0 bridgehead atoms. The molecule has 19 heavy (non-hydrogen) atoms. The van der Waals surface area contributed by atoms with Crippen molar-refractivity contribution in [1.82, 2.24) is 4.90 Å². The van der Waals surface area contributed by atoms with Gasteiger partial charge in [-0.25, -0.2) is 0 Å². The first-order valence-electron chi connectivity index (χ1n) is 7.24. The fraction of sp³-hybridized carbons (Fsp3) is 0.562. The van der Waals surface area contributed by atoms with Gasteiger partial charge in [0.15, 0.2) is 0 Å². The molecule has 1 amide bonds. The van der Waals surface area contributed by atoms with Crippen LogP contribution in [0.4, 0.5) is 5.69 Å². The van der Waals surface area contributed by atoms with Crippen molar-refractivity contribution in [3.05, 3.63) is 30.3 Å². The van der Waals surface area contributed by atoms with E-state index < -0.39 is 0 Å². The molecule has 3 heteroatoms. The van der Waals surface area contributed by atoms with Crippen molar-refractivity contribution in [2.45, 2.75) is 26.7 Å². The van der Waals surface area contributed by atoms with E-state index in [0.717, 1.165) is 32.6 Å². The van der Waals surface area contributed by atoms with Gasteiger partial charge in [-0.2, -0.15) is 0 Å². The van der Waals surface area contributed by atoms with E-state index in [4.69, 9.17) is 0 Å². The van der Waals surface area contributed by atoms with Gasteiger partial charge in [0.25, 0.3) is 0 Å². The van der Waals surface area contributed by atoms with E-state index >= 15 is 0 Å². The molecule has 2 rings (SSSR count). The van der Waals surface area contributed by atoms with Crippen LogP contribution >= 0.6 is 0 Å². The summed E-state index contributed by atoms with van der Waals surface area (Å²) in [5.74, 6) is 0.755. The van der Waals surface area contributed by atoms with E-state index in [9.17, 15) is 4.79 Å². The third-order valence-electron chi connectivity index (χ3n) is 3.55. The Labute approximate surface area is 116 Å². The number of amides is 1. The molecular weight excluding hydrogens is 236 g/mol. The van der Waals surface area contributed by atoms with E-state index in [-0.39, 0.29) is 0 Å². The van der Waals surface area contributed by atoms with Gasteiger partial charge in [0, 0.05) is 38.3 Å². The first-order valence-corrected chi connectivity index (χ1v) is 7.24. The highest BCUT2D eigenvalue weighted by molar-refractivity contribution is 5.76. The molecule has 0 N–H and O–H groups in total. The Morgan fingerprint density at radius 3 is 2.53 bits per heavy atom. The van der Waals surface area contributed by atoms with Crippen LogP contribution in [0.3, 0.4) is 0 Å². The van der Waals surface area contributed by atoms with E-state index in [1.807, 2.05) is 11.0 Å². The molecule has 1 aliphatic heterocycles. The highest BCUT2D eigenvalue weighted by atomic mass is 16.2. The molecule has 0 radical (unpaired) electrons. The van der Waals surface area contributed by atoms with Crippen LogP contribution < -0.4 is 4.90 Å². The summed E-state index contributed by atoms with van der Waals surface area (Å²) in [5.41, 5.74) is 1.26. The maximum atomic E-state index is 12.1. The number of hydrogen-bond acceptors (Lipinski definition) is 2. The second-order valence-corrected chi connectivity index (χ2v) is 5.65. The van der Waals surface area contributed by atoms with Gasteiger partial charge in [0.05, 0.1) is 0 Å². The second kappa shape index (κ2) is 6.60. The van der Waals surface area contributed by atoms with Crippen LogP contribution in [0, 0.1) is 5.92 Å². The van der Waals surface area contributed by atoms with Crippen LogP contribution in [-0.4, -0.2) is 37.0 Å². The molecule has 1 saturated heterocycles. The number of hydrogen-bond donors (Lipinski definition) is 0. The van der Waals surface area contributed by atoms with Gasteiger partial charge in [0.1, 0.15) is 0 Å². The third-order valence-corrected chi connectivity index (χ3v) is 3.55. The Morgan fingerprint density at radius 2 is 1.84 bits per heavy atom. The molecule has 0 atom stereocenters. The normalized spacial score (nSPS) is 16.6. The summed E-state index contributed by atoms with van der Waals surface area (Å²) in [6, 6.07) is 10.5. The Kier molecular flexibility index (Phi) is 4.83. The molecule has 1 aromatic rings. The lowest BCUT2D eigenvalue weighted by Gasteiger charge is -2.24. The second-order valence-electron chi connectivity index (χ2n) is 5.65. The minimum absolute atomic E-state index is 0.310. The smallest absolute Gasteiger partial charge is 0.222 e. The number of nitrogens with zero attached hydrogens (tertiary/aromatic N) is 2. The highest BCUT2D eigenvalue weighted by Gasteiger charge is 2.19. The quantitative estimate of drug-likeness (QED) is 0.834. The highest BCUT2D eigenvalue weighted by Crippen LogP contribution is 2.16. The van der Waals surface area contributed by atoms with Gasteiger partial charge < -0.3 is 9.80 Å². The maximum absolute atomic E-state index is 12.1. The van der Waals surface area contributed by atoms with E-state index in [1.165, 1.54) is 5.69 Å². The van der Waals surface area contributed by atoms with Crippen LogP contribution in [0.25, 0.3) is 0 Å². The molecule has 0 aliphatic carbocycles. The van der Waals surface area contributed by atoms with Crippen molar-refractivity contribution in [2.24, 2.45) is 5.92 Å². The van der Waals surface area contributed by atoms with Crippen molar-refractivity contribution in [3.63, 3.8) is 0 Å². The van der Waals surface area contributed by atoms with Crippen molar-refractivity contribution >= 4 is 11.6 Å². The monoisotopic (exact) mass is 260 g/mol. The summed E-state index contributed by atoms with van der Waals surface area (Å²) in [4.78, 5) is 16.5. The lowest BCUT2D eigenvalue weighted by Crippen LogP contribution is -2.35. The average molecular weight is 260 g/mol. The Bertz CT molecular complexity index is 402. The third kappa shape index (κ3) is 3.98. The molecule has 0 spiro atoms. The number of para-hydroxylation sites is 1. The Hall–Kier alpha value is -1.51. The summed E-state index contributed by atoms with van der Waals surface area (Å²) in [6.07, 6.45) is 1.73. The molecule has 1 fully saturated rings. The van der Waals surface area contributed by atoms with E-state index in [1.54, 1.807) is 0 Å². The summed E-state index contributed by atoms with van der Waals surface area (Å²) in [7, 11) is 0. The average Bonchev–Trinajstić information content (AvgIpc) is 2.64. The minimum Gasteiger partial charge on any atom is -0.370 e. The fourth-order valence-electron chi connectivity index (χ4n) is 2.54. The van der Waals surface area contributed by atoms with Crippen LogP contribution in [0.2, 0.25) is 0 Å². The van der Waals surface area contributed by atoms with Crippen LogP contribution in [0.15, 0.2) is 30.3 Å². The zero-order chi connectivity index (χ0) is 13.7. The van der Waals surface area contributed by atoms with Gasteiger partial charge in [-0.1, -0.05) is 32.0 Å². The SMILES string of the molecule is CC(C)CC(=O)N1CCCN(c2ccccc2)CC1. The summed E-state index contributed by atoms with van der Waals surface area (Å²) < 4.78 is 0. The van der Waals surface area contributed by atoms with E-state index in [2.05, 4.69) is 43.0 Å². The largest absolute Gasteiger partial charge is 0.370 e. The number of benzene rings is 1. The van der Waals surface area contributed by atoms with Crippen molar-refractivity contribution in [1.29, 1.82) is 0 Å². The zero-order valence-corrected chi connectivity index (χ0v) is 12.0. The minimum atomic E-state index is 0.310. The topological polar surface area (TPSA) is 23.6 Å². The van der Waals surface area contributed by atoms with Gasteiger partial charge >= 0.3 is 0 Å². The maximum Gasteiger partial charge on any atom is 0.222 e. The lowest BCUT2D eigenvalue weighted by atomic mass is 10.1. The number of carbonyl (C=O) groups is 1. The molecule has 1 heterocycles. The number of rotatable bonds is 3. The Morgan fingerprint density at radius 1 is 1.11 bits per heavy atom. The molecule has 0 aromatic heterocycles. The van der Waals surface area contributed by atoms with Crippen molar-refractivity contribution in [3.8, 4) is 0 Å². The first kappa shape index (κ1) is 13.9. The van der Waals surface area contributed by atoms with Crippen LogP contribution in [0.1, 0.15) is 26.7 Å². The van der Waals surface area contributed by atoms with E-state index in [0.29, 0.717) is 18.2 Å². The molecule has 104 valence electrons. The predicted octanol–water partition coefficient (Wildman–Crippen LogP) is 2.77. The molecule has 1 aliphatic rings. The van der Waals surface area contributed by atoms with Gasteiger partial charge in [-0.05, 0) is 24.5 Å². The van der Waals surface area contributed by atoms with Crippen LogP contribution in [-0.2, 0) is 4.79 Å². The molecular formula is C16H24N2O. The van der Waals surface area contributed by atoms with Crippen molar-refractivity contribution in [2.75, 3.05) is 31.1 Å². The fourth-order valence-corrected chi connectivity index (χ4v) is 2.54. The number of anilines is 1. The molecule has 3 nitrogen and oxygen atoms in total. The zero-order valence-electron chi connectivity index (χ0n) is 12.0. The summed E-state index contributed by atoms with van der Waals surface area (Å²) in [6.45, 7) is 7.93. The van der Waals surface area contributed by atoms with Crippen molar-refractivity contribution < 1.29 is 4.79 Å². The molecule has 0 saturated carbocycles. The van der Waals surface area contributed by atoms with Gasteiger partial charge in [0.2, 0.25) is 5.91 Å². The molecule has 1 aromatic carbocycles. The summed E-state index contributed by atoms with van der Waals surface area (Å²) >= 11 is 0. The van der Waals surface area contributed by atoms with Gasteiger partial charge in [-0.15, -0.1) is 0 Å². The molecule has 0 unspecified atom stereocenters. The Balaban J connectivity index is 1.93. The van der Waals surface area contributed by atoms with Crippen LogP contribution in [0.5, 0.6) is 0 Å². The number of carbonyl (C=O) groups excluding carboxylic acids is 1. The first-order chi connectivity index (χ1) is 9.16. The standard InChI is InChI=1S/C16H24N2O/c1-14(2)13-16(19)18-10-6-9-17(11-12-18)15-7-4-3-5-8-15/h3-5,7-8,14H,6,9-13H2,1-2H3. The summed E-state index contributed by atoms with van der Waals surface area (Å²) in [5, 5.41) is 0.